The van der Waals surface area contributed by atoms with Crippen LogP contribution in [0.4, 0.5) is 8.78 Å². The molecule has 1 aromatic carbocycles. The molecule has 1 atom stereocenters. The van der Waals surface area contributed by atoms with Crippen molar-refractivity contribution < 1.29 is 8.78 Å². The summed E-state index contributed by atoms with van der Waals surface area (Å²) in [6, 6.07) is 5.31. The number of hydrazine groups is 1. The molecule has 0 aliphatic rings. The number of rotatable bonds is 5. The fourth-order valence-corrected chi connectivity index (χ4v) is 2.60. The molecule has 1 aromatic heterocycles. The first-order chi connectivity index (χ1) is 8.72. The number of nitrogens with two attached hydrogens (primary N) is 1. The minimum absolute atomic E-state index is 0.00947. The summed E-state index contributed by atoms with van der Waals surface area (Å²) in [5.74, 6) is 4.27. The van der Waals surface area contributed by atoms with Crippen molar-refractivity contribution in [3.63, 3.8) is 0 Å². The second kappa shape index (κ2) is 6.04. The lowest BCUT2D eigenvalue weighted by Crippen LogP contribution is -2.29. The molecule has 2 nitrogen and oxygen atoms in total. The Bertz CT molecular complexity index is 479. The van der Waals surface area contributed by atoms with Crippen molar-refractivity contribution in [2.24, 2.45) is 5.84 Å². The van der Waals surface area contributed by atoms with E-state index in [9.17, 15) is 8.78 Å². The average Bonchev–Trinajstić information content (AvgIpc) is 2.86. The molecule has 0 saturated carbocycles. The molecule has 0 spiro atoms. The largest absolute Gasteiger partial charge is 0.271 e. The Hall–Kier alpha value is -1.30. The molecule has 5 heteroatoms. The maximum Gasteiger partial charge on any atom is 0.130 e. The van der Waals surface area contributed by atoms with Crippen molar-refractivity contribution in [1.29, 1.82) is 0 Å². The first kappa shape index (κ1) is 13.1. The lowest BCUT2D eigenvalue weighted by atomic mass is 9.99. The molecular weight excluding hydrogens is 254 g/mol. The van der Waals surface area contributed by atoms with Gasteiger partial charge in [0.1, 0.15) is 11.6 Å². The monoisotopic (exact) mass is 268 g/mol. The van der Waals surface area contributed by atoms with Gasteiger partial charge in [-0.25, -0.2) is 8.78 Å². The number of nitrogens with one attached hydrogen (secondary N) is 1. The number of aryl methyl sites for hydroxylation is 1. The zero-order chi connectivity index (χ0) is 13.0. The van der Waals surface area contributed by atoms with Crippen LogP contribution in [-0.4, -0.2) is 0 Å². The standard InChI is InChI=1S/C13H14F2N2S/c14-10-2-1-3-11(15)13(10)12(17-16)5-4-9-6-7-18-8-9/h1-3,6-8,12,17H,4-5,16H2. The predicted octanol–water partition coefficient (Wildman–Crippen LogP) is 3.16. The van der Waals surface area contributed by atoms with Crippen LogP contribution in [0, 0.1) is 11.6 Å². The van der Waals surface area contributed by atoms with Crippen molar-refractivity contribution in [2.75, 3.05) is 0 Å². The van der Waals surface area contributed by atoms with E-state index in [1.54, 1.807) is 11.3 Å². The Kier molecular flexibility index (Phi) is 4.41. The lowest BCUT2D eigenvalue weighted by Gasteiger charge is -2.17. The molecule has 0 amide bonds. The van der Waals surface area contributed by atoms with E-state index in [4.69, 9.17) is 5.84 Å². The van der Waals surface area contributed by atoms with Crippen molar-refractivity contribution in [3.05, 3.63) is 57.8 Å². The summed E-state index contributed by atoms with van der Waals surface area (Å²) in [7, 11) is 0. The predicted molar refractivity (Wildman–Crippen MR) is 69.1 cm³/mol. The molecule has 0 bridgehead atoms. The molecule has 0 fully saturated rings. The first-order valence-electron chi connectivity index (χ1n) is 5.63. The molecule has 3 N–H and O–H groups in total. The average molecular weight is 268 g/mol. The molecule has 0 saturated heterocycles. The van der Waals surface area contributed by atoms with Gasteiger partial charge in [0.2, 0.25) is 0 Å². The third-order valence-corrected chi connectivity index (χ3v) is 3.58. The third-order valence-electron chi connectivity index (χ3n) is 2.85. The van der Waals surface area contributed by atoms with Crippen LogP contribution in [0.2, 0.25) is 0 Å². The number of halogens is 2. The van der Waals surface area contributed by atoms with Crippen LogP contribution < -0.4 is 11.3 Å². The van der Waals surface area contributed by atoms with Crippen LogP contribution >= 0.6 is 11.3 Å². The molecule has 0 aliphatic carbocycles. The molecule has 1 unspecified atom stereocenters. The van der Waals surface area contributed by atoms with Gasteiger partial charge in [-0.2, -0.15) is 11.3 Å². The van der Waals surface area contributed by atoms with Crippen LogP contribution in [0.5, 0.6) is 0 Å². The van der Waals surface area contributed by atoms with Gasteiger partial charge in [0.05, 0.1) is 6.04 Å². The minimum atomic E-state index is -0.566. The van der Waals surface area contributed by atoms with Crippen LogP contribution in [0.3, 0.4) is 0 Å². The maximum absolute atomic E-state index is 13.6. The van der Waals surface area contributed by atoms with E-state index in [-0.39, 0.29) is 5.56 Å². The second-order valence-corrected chi connectivity index (χ2v) is 4.80. The van der Waals surface area contributed by atoms with Gasteiger partial charge in [-0.05, 0) is 47.4 Å². The van der Waals surface area contributed by atoms with Gasteiger partial charge < -0.3 is 0 Å². The zero-order valence-electron chi connectivity index (χ0n) is 9.70. The first-order valence-corrected chi connectivity index (χ1v) is 6.57. The normalized spacial score (nSPS) is 12.6. The molecule has 2 aromatic rings. The van der Waals surface area contributed by atoms with Crippen molar-refractivity contribution in [2.45, 2.75) is 18.9 Å². The highest BCUT2D eigenvalue weighted by molar-refractivity contribution is 7.07. The molecule has 0 radical (unpaired) electrons. The number of hydrogen-bond donors (Lipinski definition) is 2. The summed E-state index contributed by atoms with van der Waals surface area (Å²) in [6.45, 7) is 0. The molecule has 18 heavy (non-hydrogen) atoms. The van der Waals surface area contributed by atoms with Gasteiger partial charge in [-0.1, -0.05) is 6.07 Å². The van der Waals surface area contributed by atoms with E-state index in [1.165, 1.54) is 18.2 Å². The highest BCUT2D eigenvalue weighted by Crippen LogP contribution is 2.24. The summed E-state index contributed by atoms with van der Waals surface area (Å²) in [6.07, 6.45) is 1.28. The van der Waals surface area contributed by atoms with Gasteiger partial charge in [-0.3, -0.25) is 11.3 Å². The summed E-state index contributed by atoms with van der Waals surface area (Å²) in [4.78, 5) is 0. The third kappa shape index (κ3) is 2.93. The summed E-state index contributed by atoms with van der Waals surface area (Å²) in [5.41, 5.74) is 3.65. The van der Waals surface area contributed by atoms with Crippen LogP contribution in [0.15, 0.2) is 35.0 Å². The fourth-order valence-electron chi connectivity index (χ4n) is 1.90. The Morgan fingerprint density at radius 1 is 1.22 bits per heavy atom. The molecule has 1 heterocycles. The van der Waals surface area contributed by atoms with Crippen LogP contribution in [0.25, 0.3) is 0 Å². The van der Waals surface area contributed by atoms with E-state index < -0.39 is 17.7 Å². The summed E-state index contributed by atoms with van der Waals surface area (Å²) in [5, 5.41) is 4.00. The minimum Gasteiger partial charge on any atom is -0.271 e. The van der Waals surface area contributed by atoms with E-state index in [0.29, 0.717) is 6.42 Å². The Morgan fingerprint density at radius 2 is 1.94 bits per heavy atom. The van der Waals surface area contributed by atoms with Gasteiger partial charge in [0.25, 0.3) is 0 Å². The number of hydrogen-bond acceptors (Lipinski definition) is 3. The van der Waals surface area contributed by atoms with Crippen molar-refractivity contribution in [3.8, 4) is 0 Å². The second-order valence-electron chi connectivity index (χ2n) is 4.02. The SMILES string of the molecule is NNC(CCc1ccsc1)c1c(F)cccc1F. The molecular formula is C13H14F2N2S. The van der Waals surface area contributed by atoms with E-state index in [2.05, 4.69) is 5.43 Å². The van der Waals surface area contributed by atoms with Gasteiger partial charge in [-0.15, -0.1) is 0 Å². The van der Waals surface area contributed by atoms with Gasteiger partial charge >= 0.3 is 0 Å². The quantitative estimate of drug-likeness (QED) is 0.645. The van der Waals surface area contributed by atoms with Crippen LogP contribution in [0.1, 0.15) is 23.6 Å². The van der Waals surface area contributed by atoms with Crippen molar-refractivity contribution >= 4 is 11.3 Å². The highest BCUT2D eigenvalue weighted by Gasteiger charge is 2.18. The Morgan fingerprint density at radius 3 is 2.50 bits per heavy atom. The lowest BCUT2D eigenvalue weighted by molar-refractivity contribution is 0.454. The van der Waals surface area contributed by atoms with Gasteiger partial charge in [0, 0.05) is 5.56 Å². The Balaban J connectivity index is 2.13. The summed E-state index contributed by atoms with van der Waals surface area (Å²) < 4.78 is 27.2. The highest BCUT2D eigenvalue weighted by atomic mass is 32.1. The van der Waals surface area contributed by atoms with Gasteiger partial charge in [0.15, 0.2) is 0 Å². The molecule has 2 rings (SSSR count). The van der Waals surface area contributed by atoms with E-state index in [0.717, 1.165) is 12.0 Å². The number of thiophene rings is 1. The van der Waals surface area contributed by atoms with Crippen LogP contribution in [-0.2, 0) is 6.42 Å². The smallest absolute Gasteiger partial charge is 0.130 e. The maximum atomic E-state index is 13.6. The zero-order valence-corrected chi connectivity index (χ0v) is 10.5. The van der Waals surface area contributed by atoms with E-state index in [1.807, 2.05) is 16.8 Å². The summed E-state index contributed by atoms with van der Waals surface area (Å²) >= 11 is 1.60. The topological polar surface area (TPSA) is 38.0 Å². The van der Waals surface area contributed by atoms with E-state index >= 15 is 0 Å². The molecule has 0 aliphatic heterocycles. The van der Waals surface area contributed by atoms with Crippen molar-refractivity contribution in [1.82, 2.24) is 5.43 Å². The molecule has 96 valence electrons. The number of benzene rings is 1. The fraction of sp³-hybridized carbons (Fsp3) is 0.231. The Labute approximate surface area is 108 Å².